The van der Waals surface area contributed by atoms with Crippen LogP contribution in [0, 0.1) is 56.7 Å². The number of allylic oxidation sites excluding steroid dienone is 2. The summed E-state index contributed by atoms with van der Waals surface area (Å²) >= 11 is 0. The lowest BCUT2D eigenvalue weighted by Crippen LogP contribution is -2.66. The molecule has 5 aliphatic rings. The Morgan fingerprint density at radius 2 is 1.67 bits per heavy atom. The second-order valence-electron chi connectivity index (χ2n) is 16.9. The van der Waals surface area contributed by atoms with E-state index in [1.54, 1.807) is 17.7 Å². The maximum atomic E-state index is 13.0. The molecule has 1 aromatic rings. The van der Waals surface area contributed by atoms with Gasteiger partial charge in [-0.3, -0.25) is 0 Å². The van der Waals surface area contributed by atoms with E-state index >= 15 is 0 Å². The van der Waals surface area contributed by atoms with E-state index in [-0.39, 0.29) is 51.8 Å². The average molecular weight is 621 g/mol. The summed E-state index contributed by atoms with van der Waals surface area (Å²) in [7, 11) is 0. The van der Waals surface area contributed by atoms with E-state index in [1.165, 1.54) is 24.6 Å². The summed E-state index contributed by atoms with van der Waals surface area (Å²) in [6.07, 6.45) is 14.6. The molecular weight excluding hydrogens is 564 g/mol. The lowest BCUT2D eigenvalue weighted by Gasteiger charge is -2.71. The van der Waals surface area contributed by atoms with E-state index in [4.69, 9.17) is 4.74 Å². The average Bonchev–Trinajstić information content (AvgIpc) is 3.01. The molecule has 4 fully saturated rings. The van der Waals surface area contributed by atoms with Gasteiger partial charge in [0.2, 0.25) is 0 Å². The summed E-state index contributed by atoms with van der Waals surface area (Å²) in [5.74, 6) is 1.48. The van der Waals surface area contributed by atoms with Gasteiger partial charge in [0.05, 0.1) is 6.61 Å². The lowest BCUT2D eigenvalue weighted by atomic mass is 9.33. The van der Waals surface area contributed by atoms with Crippen LogP contribution in [-0.2, 0) is 9.53 Å². The molecule has 0 aromatic heterocycles. The molecule has 0 saturated heterocycles. The van der Waals surface area contributed by atoms with Gasteiger partial charge in [-0.2, -0.15) is 0 Å². The van der Waals surface area contributed by atoms with Crippen molar-refractivity contribution in [1.29, 1.82) is 0 Å². The molecule has 6 rings (SSSR count). The summed E-state index contributed by atoms with van der Waals surface area (Å²) < 4.78 is 6.11. The SMILES string of the molecule is CC1CCC2(CO)CCC3(C)C(=CCC4C5(C)CCC(OC(=O)C=Cc6ccc(O)c(O)c6)C(C)(CO)C5CCC43C)C2C1C. The van der Waals surface area contributed by atoms with E-state index in [0.29, 0.717) is 42.3 Å². The number of hydrogen-bond acceptors (Lipinski definition) is 6. The minimum Gasteiger partial charge on any atom is -0.504 e. The standard InChI is InChI=1S/C39H56O6/c1-24-13-18-39(23-41)20-19-37(5)27(34(39)25(24)2)9-11-31-35(3)16-15-32(36(4,22-40)30(35)14-17-38(31,37)6)45-33(44)12-8-26-7-10-28(42)29(43)21-26/h7-10,12,21,24-25,30-32,34,40-43H,11,13-20,22-23H2,1-6H3. The maximum absolute atomic E-state index is 13.0. The number of aromatic hydroxyl groups is 2. The van der Waals surface area contributed by atoms with Crippen molar-refractivity contribution in [2.24, 2.45) is 56.7 Å². The third-order valence-corrected chi connectivity index (χ3v) is 15.2. The monoisotopic (exact) mass is 620 g/mol. The molecule has 0 aliphatic heterocycles. The number of phenols is 2. The van der Waals surface area contributed by atoms with Crippen molar-refractivity contribution in [3.8, 4) is 11.5 Å². The smallest absolute Gasteiger partial charge is 0.331 e. The van der Waals surface area contributed by atoms with Crippen molar-refractivity contribution in [3.63, 3.8) is 0 Å². The highest BCUT2D eigenvalue weighted by atomic mass is 16.5. The van der Waals surface area contributed by atoms with Crippen LogP contribution in [0.4, 0.5) is 0 Å². The second-order valence-corrected chi connectivity index (χ2v) is 16.9. The van der Waals surface area contributed by atoms with Gasteiger partial charge in [-0.25, -0.2) is 4.79 Å². The molecule has 0 bridgehead atoms. The zero-order valence-corrected chi connectivity index (χ0v) is 28.3. The number of hydrogen-bond donors (Lipinski definition) is 4. The molecule has 6 nitrogen and oxygen atoms in total. The van der Waals surface area contributed by atoms with Crippen LogP contribution in [0.25, 0.3) is 6.08 Å². The van der Waals surface area contributed by atoms with Crippen LogP contribution in [0.3, 0.4) is 0 Å². The Morgan fingerprint density at radius 3 is 2.36 bits per heavy atom. The number of benzene rings is 1. The second kappa shape index (κ2) is 11.1. The number of aliphatic hydroxyl groups excluding tert-OH is 2. The molecule has 0 heterocycles. The molecule has 4 saturated carbocycles. The third kappa shape index (κ3) is 4.66. The van der Waals surface area contributed by atoms with Gasteiger partial charge in [0.15, 0.2) is 11.5 Å². The number of carbonyl (C=O) groups is 1. The number of fused-ring (bicyclic) bond motifs is 7. The highest BCUT2D eigenvalue weighted by Crippen LogP contribution is 2.75. The quantitative estimate of drug-likeness (QED) is 0.117. The largest absolute Gasteiger partial charge is 0.504 e. The van der Waals surface area contributed by atoms with Gasteiger partial charge in [-0.1, -0.05) is 59.3 Å². The highest BCUT2D eigenvalue weighted by molar-refractivity contribution is 5.87. The number of carbonyl (C=O) groups excluding carboxylic acids is 1. The Labute approximate surface area is 270 Å². The zero-order chi connectivity index (χ0) is 32.6. The predicted octanol–water partition coefficient (Wildman–Crippen LogP) is 7.65. The molecule has 248 valence electrons. The van der Waals surface area contributed by atoms with Crippen LogP contribution < -0.4 is 0 Å². The van der Waals surface area contributed by atoms with Crippen molar-refractivity contribution < 1.29 is 30.0 Å². The Hall–Kier alpha value is -2.31. The Bertz CT molecular complexity index is 1380. The first-order valence-electron chi connectivity index (χ1n) is 17.5. The van der Waals surface area contributed by atoms with E-state index < -0.39 is 11.4 Å². The highest BCUT2D eigenvalue weighted by Gasteiger charge is 2.69. The first-order valence-corrected chi connectivity index (χ1v) is 17.5. The maximum Gasteiger partial charge on any atom is 0.331 e. The summed E-state index contributed by atoms with van der Waals surface area (Å²) in [6.45, 7) is 14.8. The Morgan fingerprint density at radius 1 is 0.911 bits per heavy atom. The van der Waals surface area contributed by atoms with Crippen LogP contribution in [0.2, 0.25) is 0 Å². The minimum absolute atomic E-state index is 0.00875. The van der Waals surface area contributed by atoms with Gasteiger partial charge in [0.25, 0.3) is 0 Å². The molecule has 4 N–H and O–H groups in total. The topological polar surface area (TPSA) is 107 Å². The summed E-state index contributed by atoms with van der Waals surface area (Å²) in [4.78, 5) is 13.0. The van der Waals surface area contributed by atoms with Crippen molar-refractivity contribution in [3.05, 3.63) is 41.5 Å². The molecule has 0 spiro atoms. The molecule has 11 unspecified atom stereocenters. The fourth-order valence-electron chi connectivity index (χ4n) is 12.1. The number of phenolic OH excluding ortho intramolecular Hbond substituents is 2. The zero-order valence-electron chi connectivity index (χ0n) is 28.3. The number of ether oxygens (including phenoxy) is 1. The van der Waals surface area contributed by atoms with E-state index in [0.717, 1.165) is 44.9 Å². The molecule has 6 heteroatoms. The third-order valence-electron chi connectivity index (χ3n) is 15.2. The van der Waals surface area contributed by atoms with Crippen molar-refractivity contribution in [2.75, 3.05) is 13.2 Å². The van der Waals surface area contributed by atoms with Gasteiger partial charge < -0.3 is 25.2 Å². The Kier molecular flexibility index (Phi) is 8.08. The molecule has 11 atom stereocenters. The van der Waals surface area contributed by atoms with Crippen LogP contribution >= 0.6 is 0 Å². The van der Waals surface area contributed by atoms with Crippen molar-refractivity contribution in [2.45, 2.75) is 105 Å². The van der Waals surface area contributed by atoms with E-state index in [1.807, 2.05) is 0 Å². The van der Waals surface area contributed by atoms with Gasteiger partial charge in [0.1, 0.15) is 6.10 Å². The Balaban J connectivity index is 1.27. The normalized spacial score (nSPS) is 45.9. The predicted molar refractivity (Wildman–Crippen MR) is 176 cm³/mol. The van der Waals surface area contributed by atoms with Crippen molar-refractivity contribution >= 4 is 12.0 Å². The molecule has 0 radical (unpaired) electrons. The molecule has 5 aliphatic carbocycles. The molecule has 1 aromatic carbocycles. The number of esters is 1. The first kappa shape index (κ1) is 32.6. The summed E-state index contributed by atoms with van der Waals surface area (Å²) in [6, 6.07) is 4.41. The molecule has 0 amide bonds. The fourth-order valence-corrected chi connectivity index (χ4v) is 12.1. The van der Waals surface area contributed by atoms with Crippen LogP contribution in [-0.4, -0.2) is 45.7 Å². The summed E-state index contributed by atoms with van der Waals surface area (Å²) in [5.41, 5.74) is 1.93. The molecular formula is C39H56O6. The number of aliphatic hydroxyl groups is 2. The van der Waals surface area contributed by atoms with Crippen LogP contribution in [0.15, 0.2) is 35.9 Å². The summed E-state index contributed by atoms with van der Waals surface area (Å²) in [5, 5.41) is 41.2. The minimum atomic E-state index is -0.550. The van der Waals surface area contributed by atoms with Gasteiger partial charge in [0, 0.05) is 23.5 Å². The van der Waals surface area contributed by atoms with Crippen LogP contribution in [0.1, 0.15) is 105 Å². The van der Waals surface area contributed by atoms with Crippen molar-refractivity contribution in [1.82, 2.24) is 0 Å². The van der Waals surface area contributed by atoms with Gasteiger partial charge >= 0.3 is 5.97 Å². The lowest BCUT2D eigenvalue weighted by molar-refractivity contribution is -0.223. The molecule has 45 heavy (non-hydrogen) atoms. The first-order chi connectivity index (χ1) is 21.2. The van der Waals surface area contributed by atoms with E-state index in [9.17, 15) is 25.2 Å². The number of rotatable bonds is 5. The van der Waals surface area contributed by atoms with Crippen LogP contribution in [0.5, 0.6) is 11.5 Å². The van der Waals surface area contributed by atoms with E-state index in [2.05, 4.69) is 47.6 Å². The van der Waals surface area contributed by atoms with Gasteiger partial charge in [-0.15, -0.1) is 0 Å². The fraction of sp³-hybridized carbons (Fsp3) is 0.718. The van der Waals surface area contributed by atoms with Gasteiger partial charge in [-0.05, 0) is 127 Å².